The molecule has 2 rings (SSSR count). The molecule has 0 spiro atoms. The van der Waals surface area contributed by atoms with Gasteiger partial charge >= 0.3 is 0 Å². The minimum atomic E-state index is -3.27. The lowest BCUT2D eigenvalue weighted by Crippen LogP contribution is -1.96. The zero-order valence-electron chi connectivity index (χ0n) is 10.8. The van der Waals surface area contributed by atoms with Crippen LogP contribution in [0.1, 0.15) is 0 Å². The molecule has 0 heterocycles. The number of nitro benzene ring substituents is 1. The van der Waals surface area contributed by atoms with Gasteiger partial charge in [0.15, 0.2) is 9.84 Å². The smallest absolute Gasteiger partial charge is 0.274 e. The van der Waals surface area contributed by atoms with Gasteiger partial charge in [0.1, 0.15) is 11.5 Å². The zero-order chi connectivity index (χ0) is 15.6. The van der Waals surface area contributed by atoms with Crippen molar-refractivity contribution >= 4 is 31.5 Å². The van der Waals surface area contributed by atoms with Gasteiger partial charge in [0.05, 0.1) is 15.9 Å². The Kier molecular flexibility index (Phi) is 4.29. The number of non-ortho nitro benzene ring substituents is 1. The van der Waals surface area contributed by atoms with Gasteiger partial charge in [0.2, 0.25) is 0 Å². The maximum atomic E-state index is 11.3. The number of ether oxygens (including phenoxy) is 1. The molecule has 6 nitrogen and oxygen atoms in total. The molecule has 0 atom stereocenters. The highest BCUT2D eigenvalue weighted by Gasteiger charge is 2.11. The van der Waals surface area contributed by atoms with Crippen molar-refractivity contribution < 1.29 is 18.1 Å². The summed E-state index contributed by atoms with van der Waals surface area (Å²) in [6.07, 6.45) is 1.11. The molecule has 0 amide bonds. The number of sulfone groups is 1. The van der Waals surface area contributed by atoms with E-state index in [4.69, 9.17) is 4.74 Å². The molecule has 2 aromatic rings. The predicted octanol–water partition coefficient (Wildman–Crippen LogP) is 3.55. The lowest BCUT2D eigenvalue weighted by Gasteiger charge is -2.07. The van der Waals surface area contributed by atoms with Crippen LogP contribution in [0.25, 0.3) is 0 Å². The number of nitro groups is 1. The molecule has 0 aromatic heterocycles. The maximum absolute atomic E-state index is 11.3. The lowest BCUT2D eigenvalue weighted by atomic mass is 10.3. The molecular weight excluding hydrogens is 362 g/mol. The van der Waals surface area contributed by atoms with Gasteiger partial charge in [-0.25, -0.2) is 8.42 Å². The van der Waals surface area contributed by atoms with Crippen LogP contribution >= 0.6 is 15.9 Å². The first-order chi connectivity index (χ1) is 9.75. The van der Waals surface area contributed by atoms with Crippen LogP contribution in [0.15, 0.2) is 51.8 Å². The molecule has 0 radical (unpaired) electrons. The van der Waals surface area contributed by atoms with Gasteiger partial charge in [0.25, 0.3) is 5.69 Å². The van der Waals surface area contributed by atoms with E-state index in [1.807, 2.05) is 0 Å². The third-order valence-electron chi connectivity index (χ3n) is 2.55. The Hall–Kier alpha value is -1.93. The van der Waals surface area contributed by atoms with Gasteiger partial charge in [-0.1, -0.05) is 15.9 Å². The number of halogens is 1. The second-order valence-electron chi connectivity index (χ2n) is 4.25. The molecule has 110 valence electrons. The highest BCUT2D eigenvalue weighted by molar-refractivity contribution is 9.10. The number of rotatable bonds is 4. The fourth-order valence-electron chi connectivity index (χ4n) is 1.60. The topological polar surface area (TPSA) is 86.5 Å². The summed E-state index contributed by atoms with van der Waals surface area (Å²) >= 11 is 3.17. The normalized spacial score (nSPS) is 11.1. The molecule has 0 N–H and O–H groups in total. The molecule has 0 unspecified atom stereocenters. The monoisotopic (exact) mass is 371 g/mol. The van der Waals surface area contributed by atoms with E-state index in [-0.39, 0.29) is 16.3 Å². The van der Waals surface area contributed by atoms with Crippen LogP contribution in [0.3, 0.4) is 0 Å². The van der Waals surface area contributed by atoms with Crippen molar-refractivity contribution in [3.05, 3.63) is 57.1 Å². The van der Waals surface area contributed by atoms with Crippen LogP contribution in [0.5, 0.6) is 11.5 Å². The molecule has 0 aliphatic rings. The molecule has 0 fully saturated rings. The summed E-state index contributed by atoms with van der Waals surface area (Å²) in [4.78, 5) is 10.4. The van der Waals surface area contributed by atoms with Crippen LogP contribution in [0.4, 0.5) is 5.69 Å². The summed E-state index contributed by atoms with van der Waals surface area (Å²) in [5, 5.41) is 10.8. The van der Waals surface area contributed by atoms with Gasteiger partial charge in [-0.3, -0.25) is 10.1 Å². The SMILES string of the molecule is CS(=O)(=O)c1ccc(Oc2cc(Br)cc([N+](=O)[O-])c2)cc1. The van der Waals surface area contributed by atoms with Crippen LogP contribution in [-0.4, -0.2) is 19.6 Å². The van der Waals surface area contributed by atoms with E-state index in [1.54, 1.807) is 6.07 Å². The van der Waals surface area contributed by atoms with Crippen molar-refractivity contribution in [3.8, 4) is 11.5 Å². The zero-order valence-corrected chi connectivity index (χ0v) is 13.2. The summed E-state index contributed by atoms with van der Waals surface area (Å²) in [5.41, 5.74) is -0.105. The quantitative estimate of drug-likeness (QED) is 0.605. The van der Waals surface area contributed by atoms with E-state index >= 15 is 0 Å². The van der Waals surface area contributed by atoms with Crippen LogP contribution < -0.4 is 4.74 Å². The third-order valence-corrected chi connectivity index (χ3v) is 4.14. The molecule has 0 saturated carbocycles. The summed E-state index contributed by atoms with van der Waals surface area (Å²) in [6, 6.07) is 10.0. The lowest BCUT2D eigenvalue weighted by molar-refractivity contribution is -0.385. The van der Waals surface area contributed by atoms with Crippen molar-refractivity contribution in [2.75, 3.05) is 6.26 Å². The molecule has 0 bridgehead atoms. The van der Waals surface area contributed by atoms with Crippen molar-refractivity contribution in [2.24, 2.45) is 0 Å². The summed E-state index contributed by atoms with van der Waals surface area (Å²) in [6.45, 7) is 0. The molecule has 0 aliphatic heterocycles. The highest BCUT2D eigenvalue weighted by atomic mass is 79.9. The summed E-state index contributed by atoms with van der Waals surface area (Å²) < 4.78 is 28.7. The maximum Gasteiger partial charge on any atom is 0.274 e. The summed E-state index contributed by atoms with van der Waals surface area (Å²) in [5.74, 6) is 0.665. The molecule has 8 heteroatoms. The van der Waals surface area contributed by atoms with Crippen LogP contribution in [-0.2, 0) is 9.84 Å². The highest BCUT2D eigenvalue weighted by Crippen LogP contribution is 2.30. The van der Waals surface area contributed by atoms with E-state index in [9.17, 15) is 18.5 Å². The summed E-state index contributed by atoms with van der Waals surface area (Å²) in [7, 11) is -3.27. The van der Waals surface area contributed by atoms with Gasteiger partial charge in [-0.05, 0) is 30.3 Å². The van der Waals surface area contributed by atoms with Gasteiger partial charge in [-0.2, -0.15) is 0 Å². The number of hydrogen-bond donors (Lipinski definition) is 0. The fraction of sp³-hybridized carbons (Fsp3) is 0.0769. The van der Waals surface area contributed by atoms with Crippen molar-refractivity contribution in [1.29, 1.82) is 0 Å². The number of hydrogen-bond acceptors (Lipinski definition) is 5. The van der Waals surface area contributed by atoms with Crippen molar-refractivity contribution in [3.63, 3.8) is 0 Å². The Morgan fingerprint density at radius 3 is 2.24 bits per heavy atom. The Balaban J connectivity index is 2.28. The minimum absolute atomic E-state index is 0.105. The predicted molar refractivity (Wildman–Crippen MR) is 80.4 cm³/mol. The molecule has 2 aromatic carbocycles. The first-order valence-electron chi connectivity index (χ1n) is 5.69. The van der Waals surface area contributed by atoms with Crippen LogP contribution in [0.2, 0.25) is 0 Å². The van der Waals surface area contributed by atoms with E-state index in [0.29, 0.717) is 10.2 Å². The molecule has 21 heavy (non-hydrogen) atoms. The first kappa shape index (κ1) is 15.5. The first-order valence-corrected chi connectivity index (χ1v) is 8.37. The van der Waals surface area contributed by atoms with E-state index in [2.05, 4.69) is 15.9 Å². The Bertz CT molecular complexity index is 787. The van der Waals surface area contributed by atoms with Gasteiger partial charge < -0.3 is 4.74 Å². The fourth-order valence-corrected chi connectivity index (χ4v) is 2.69. The third kappa shape index (κ3) is 4.02. The van der Waals surface area contributed by atoms with E-state index in [1.165, 1.54) is 36.4 Å². The average Bonchev–Trinajstić information content (AvgIpc) is 2.37. The Labute approximate surface area is 129 Å². The average molecular weight is 372 g/mol. The Morgan fingerprint density at radius 2 is 1.71 bits per heavy atom. The molecule has 0 aliphatic carbocycles. The number of nitrogens with zero attached hydrogens (tertiary/aromatic N) is 1. The van der Waals surface area contributed by atoms with Crippen molar-refractivity contribution in [2.45, 2.75) is 4.90 Å². The van der Waals surface area contributed by atoms with Gasteiger partial charge in [-0.15, -0.1) is 0 Å². The molecular formula is C13H10BrNO5S. The second-order valence-corrected chi connectivity index (χ2v) is 7.18. The van der Waals surface area contributed by atoms with Crippen molar-refractivity contribution in [1.82, 2.24) is 0 Å². The van der Waals surface area contributed by atoms with Crippen LogP contribution in [0, 0.1) is 10.1 Å². The Morgan fingerprint density at radius 1 is 1.10 bits per heavy atom. The second kappa shape index (κ2) is 5.82. The minimum Gasteiger partial charge on any atom is -0.457 e. The van der Waals surface area contributed by atoms with Gasteiger partial charge in [0, 0.05) is 16.8 Å². The van der Waals surface area contributed by atoms with E-state index < -0.39 is 14.8 Å². The standard InChI is InChI=1S/C13H10BrNO5S/c1-21(18,19)13-4-2-11(3-5-13)20-12-7-9(14)6-10(8-12)15(16)17/h2-8H,1H3. The molecule has 0 saturated heterocycles. The number of benzene rings is 2. The van der Waals surface area contributed by atoms with E-state index in [0.717, 1.165) is 6.26 Å². The largest absolute Gasteiger partial charge is 0.457 e.